The zero-order valence-electron chi connectivity index (χ0n) is 14.3. The van der Waals surface area contributed by atoms with Gasteiger partial charge in [-0.15, -0.1) is 0 Å². The summed E-state index contributed by atoms with van der Waals surface area (Å²) in [5, 5.41) is 62.6. The first-order valence-corrected chi connectivity index (χ1v) is 7.55. The molecule has 1 atom stereocenters. The Morgan fingerprint density at radius 3 is 1.78 bits per heavy atom. The van der Waals surface area contributed by atoms with Gasteiger partial charge in [-0.3, -0.25) is 40.5 Å². The van der Waals surface area contributed by atoms with Crippen LogP contribution >= 0.6 is 0 Å². The van der Waals surface area contributed by atoms with Gasteiger partial charge in [0.15, 0.2) is 13.2 Å². The van der Waals surface area contributed by atoms with Crippen molar-refractivity contribution in [2.75, 3.05) is 26.6 Å². The maximum atomic E-state index is 11.1. The van der Waals surface area contributed by atoms with E-state index < -0.39 is 76.6 Å². The van der Waals surface area contributed by atoms with Crippen LogP contribution in [-0.2, 0) is 9.47 Å². The second-order valence-corrected chi connectivity index (χ2v) is 5.48. The molecule has 0 spiro atoms. The number of aliphatic hydroxyl groups is 2. The molecular weight excluding hydrogens is 380 g/mol. The molecule has 0 radical (unpaired) electrons. The van der Waals surface area contributed by atoms with Crippen LogP contribution < -0.4 is 0 Å². The summed E-state index contributed by atoms with van der Waals surface area (Å²) < 4.78 is 9.32. The van der Waals surface area contributed by atoms with Crippen molar-refractivity contribution in [3.8, 4) is 0 Å². The highest BCUT2D eigenvalue weighted by Gasteiger charge is 2.63. The van der Waals surface area contributed by atoms with E-state index in [1.807, 2.05) is 0 Å². The molecule has 0 rings (SSSR count). The largest absolute Gasteiger partial charge is 0.505 e. The molecule has 0 aromatic carbocycles. The van der Waals surface area contributed by atoms with E-state index in [4.69, 9.17) is 5.11 Å². The number of rotatable bonds is 15. The van der Waals surface area contributed by atoms with Crippen LogP contribution in [0.5, 0.6) is 0 Å². The van der Waals surface area contributed by atoms with Gasteiger partial charge in [0.25, 0.3) is 0 Å². The minimum Gasteiger partial charge on any atom is -0.396 e. The monoisotopic (exact) mass is 400 g/mol. The van der Waals surface area contributed by atoms with E-state index in [0.717, 1.165) is 0 Å². The minimum absolute atomic E-state index is 0.0886. The van der Waals surface area contributed by atoms with Crippen LogP contribution in [0.25, 0.3) is 0 Å². The van der Waals surface area contributed by atoms with Gasteiger partial charge < -0.3 is 19.7 Å². The Morgan fingerprint density at radius 2 is 1.41 bits per heavy atom. The fraction of sp³-hybridized carbons (Fsp3) is 1.00. The molecular formula is C11H20N4O12. The summed E-state index contributed by atoms with van der Waals surface area (Å²) >= 11 is 0. The summed E-state index contributed by atoms with van der Waals surface area (Å²) in [5.41, 5.74) is -5.86. The van der Waals surface area contributed by atoms with Crippen LogP contribution in [0, 0.1) is 40.5 Å². The Morgan fingerprint density at radius 1 is 0.926 bits per heavy atom. The number of hydrogen-bond acceptors (Lipinski definition) is 12. The molecule has 16 nitrogen and oxygen atoms in total. The van der Waals surface area contributed by atoms with Crippen LogP contribution in [0.2, 0.25) is 0 Å². The molecule has 0 saturated carbocycles. The average molecular weight is 400 g/mol. The van der Waals surface area contributed by atoms with Crippen molar-refractivity contribution in [2.45, 2.75) is 43.6 Å². The Kier molecular flexibility index (Phi) is 9.55. The molecule has 0 bridgehead atoms. The maximum absolute atomic E-state index is 11.1. The molecule has 0 aliphatic heterocycles. The lowest BCUT2D eigenvalue weighted by Crippen LogP contribution is -2.59. The molecule has 0 heterocycles. The molecule has 0 aromatic rings. The SMILES string of the molecule is CCCC(COCOCC(C(O)CCO)([N+](=O)[O-])[N+](=O)[O-])([N+](=O)[O-])[N+](=O)[O-]. The van der Waals surface area contributed by atoms with Gasteiger partial charge in [0.1, 0.15) is 26.5 Å². The van der Waals surface area contributed by atoms with Gasteiger partial charge >= 0.3 is 11.3 Å². The highest BCUT2D eigenvalue weighted by Crippen LogP contribution is 2.21. The zero-order valence-corrected chi connectivity index (χ0v) is 14.3. The molecule has 0 aliphatic rings. The summed E-state index contributed by atoms with van der Waals surface area (Å²) in [6, 6.07) is 0. The maximum Gasteiger partial charge on any atom is 0.505 e. The van der Waals surface area contributed by atoms with Crippen molar-refractivity contribution in [3.63, 3.8) is 0 Å². The van der Waals surface area contributed by atoms with Crippen molar-refractivity contribution in [1.29, 1.82) is 0 Å². The van der Waals surface area contributed by atoms with E-state index in [1.54, 1.807) is 0 Å². The summed E-state index contributed by atoms with van der Waals surface area (Å²) in [6.07, 6.45) is -3.26. The minimum atomic E-state index is -3.21. The first-order chi connectivity index (χ1) is 12.5. The molecule has 0 amide bonds. The van der Waals surface area contributed by atoms with Crippen LogP contribution in [0.4, 0.5) is 0 Å². The van der Waals surface area contributed by atoms with E-state index in [0.29, 0.717) is 0 Å². The van der Waals surface area contributed by atoms with E-state index >= 15 is 0 Å². The van der Waals surface area contributed by atoms with E-state index in [2.05, 4.69) is 9.47 Å². The van der Waals surface area contributed by atoms with Crippen molar-refractivity contribution in [1.82, 2.24) is 0 Å². The first-order valence-electron chi connectivity index (χ1n) is 7.55. The Labute approximate surface area is 151 Å². The van der Waals surface area contributed by atoms with Crippen molar-refractivity contribution < 1.29 is 39.4 Å². The fourth-order valence-electron chi connectivity index (χ4n) is 2.15. The third-order valence-electron chi connectivity index (χ3n) is 3.71. The van der Waals surface area contributed by atoms with Crippen molar-refractivity contribution in [2.24, 2.45) is 0 Å². The second kappa shape index (κ2) is 10.6. The standard InChI is InChI=1S/C11H20N4O12/c1-2-4-10(12(18)19,13(20)21)6-26-8-27-7-11(14(22)23,15(24)25)9(17)3-5-16/h9,16-17H,2-8H2,1H3. The van der Waals surface area contributed by atoms with E-state index in [9.17, 15) is 45.6 Å². The molecule has 0 fully saturated rings. The van der Waals surface area contributed by atoms with Gasteiger partial charge in [-0.25, -0.2) is 0 Å². The Balaban J connectivity index is 5.05. The summed E-state index contributed by atoms with van der Waals surface area (Å²) in [5.74, 6) is 0. The fourth-order valence-corrected chi connectivity index (χ4v) is 2.15. The lowest BCUT2D eigenvalue weighted by molar-refractivity contribution is -0.809. The van der Waals surface area contributed by atoms with Gasteiger partial charge in [0.05, 0.1) is 6.42 Å². The van der Waals surface area contributed by atoms with Gasteiger partial charge in [-0.05, 0) is 6.42 Å². The quantitative estimate of drug-likeness (QED) is 0.146. The Hall–Kier alpha value is -2.56. The molecule has 0 aliphatic carbocycles. The molecule has 1 unspecified atom stereocenters. The van der Waals surface area contributed by atoms with Gasteiger partial charge in [-0.2, -0.15) is 0 Å². The first kappa shape index (κ1) is 24.4. The summed E-state index contributed by atoms with van der Waals surface area (Å²) in [4.78, 5) is 39.1. The second-order valence-electron chi connectivity index (χ2n) is 5.48. The Bertz CT molecular complexity index is 527. The van der Waals surface area contributed by atoms with E-state index in [1.165, 1.54) is 6.92 Å². The highest BCUT2D eigenvalue weighted by atomic mass is 16.7. The summed E-state index contributed by atoms with van der Waals surface area (Å²) in [6.45, 7) is -2.60. The van der Waals surface area contributed by atoms with Gasteiger partial charge in [-0.1, -0.05) is 6.92 Å². The normalized spacial score (nSPS) is 13.1. The predicted octanol–water partition coefficient (Wildman–Crippen LogP) is -0.980. The number of nitrogens with zero attached hydrogens (tertiary/aromatic N) is 4. The summed E-state index contributed by atoms with van der Waals surface area (Å²) in [7, 11) is 0. The van der Waals surface area contributed by atoms with Gasteiger partial charge in [0.2, 0.25) is 6.10 Å². The number of nitro groups is 4. The smallest absolute Gasteiger partial charge is 0.396 e. The third-order valence-corrected chi connectivity index (χ3v) is 3.71. The van der Waals surface area contributed by atoms with Crippen LogP contribution in [-0.4, -0.2) is 73.9 Å². The van der Waals surface area contributed by atoms with Crippen molar-refractivity contribution in [3.05, 3.63) is 40.5 Å². The molecule has 0 saturated heterocycles. The number of aliphatic hydroxyl groups excluding tert-OH is 2. The van der Waals surface area contributed by atoms with Gasteiger partial charge in [0, 0.05) is 13.0 Å². The molecule has 156 valence electrons. The molecule has 27 heavy (non-hydrogen) atoms. The third kappa shape index (κ3) is 5.46. The lowest BCUT2D eigenvalue weighted by atomic mass is 10.0. The predicted molar refractivity (Wildman–Crippen MR) is 82.8 cm³/mol. The van der Waals surface area contributed by atoms with Crippen LogP contribution in [0.1, 0.15) is 26.2 Å². The van der Waals surface area contributed by atoms with E-state index in [-0.39, 0.29) is 6.42 Å². The molecule has 2 N–H and O–H groups in total. The van der Waals surface area contributed by atoms with Crippen LogP contribution in [0.15, 0.2) is 0 Å². The lowest BCUT2D eigenvalue weighted by Gasteiger charge is -2.22. The highest BCUT2D eigenvalue weighted by molar-refractivity contribution is 4.77. The zero-order chi connectivity index (χ0) is 21.3. The number of hydrogen-bond donors (Lipinski definition) is 2. The number of ether oxygens (including phenoxy) is 2. The molecule has 0 aromatic heterocycles. The average Bonchev–Trinajstić information content (AvgIpc) is 2.55. The van der Waals surface area contributed by atoms with Crippen LogP contribution in [0.3, 0.4) is 0 Å². The topological polar surface area (TPSA) is 231 Å². The van der Waals surface area contributed by atoms with Crippen molar-refractivity contribution >= 4 is 0 Å². The molecule has 16 heteroatoms.